The highest BCUT2D eigenvalue weighted by molar-refractivity contribution is 7.89. The SMILES string of the molecule is CCOc1ccc(N)cc1S(=O)(=O)NCc1ccccc1. The van der Waals surface area contributed by atoms with E-state index in [9.17, 15) is 8.42 Å². The first-order valence-corrected chi connectivity index (χ1v) is 8.07. The van der Waals surface area contributed by atoms with Crippen molar-refractivity contribution in [1.29, 1.82) is 0 Å². The third-order valence-corrected chi connectivity index (χ3v) is 4.29. The third kappa shape index (κ3) is 3.96. The Bertz CT molecular complexity index is 700. The van der Waals surface area contributed by atoms with E-state index in [0.717, 1.165) is 5.56 Å². The summed E-state index contributed by atoms with van der Waals surface area (Å²) in [6, 6.07) is 13.9. The summed E-state index contributed by atoms with van der Waals surface area (Å²) in [5, 5.41) is 0. The van der Waals surface area contributed by atoms with Gasteiger partial charge in [0.25, 0.3) is 0 Å². The van der Waals surface area contributed by atoms with Gasteiger partial charge < -0.3 is 10.5 Å². The van der Waals surface area contributed by atoms with E-state index in [1.165, 1.54) is 6.07 Å². The summed E-state index contributed by atoms with van der Waals surface area (Å²) in [7, 11) is -3.69. The molecule has 0 bridgehead atoms. The molecule has 0 atom stereocenters. The number of nitrogen functional groups attached to an aromatic ring is 1. The van der Waals surface area contributed by atoms with Crippen LogP contribution in [-0.4, -0.2) is 15.0 Å². The number of benzene rings is 2. The number of hydrogen-bond acceptors (Lipinski definition) is 4. The lowest BCUT2D eigenvalue weighted by Gasteiger charge is -2.12. The largest absolute Gasteiger partial charge is 0.492 e. The van der Waals surface area contributed by atoms with E-state index in [4.69, 9.17) is 10.5 Å². The van der Waals surface area contributed by atoms with Crippen molar-refractivity contribution in [3.05, 3.63) is 54.1 Å². The predicted molar refractivity (Wildman–Crippen MR) is 82.5 cm³/mol. The van der Waals surface area contributed by atoms with Crippen molar-refractivity contribution in [3.8, 4) is 5.75 Å². The summed E-state index contributed by atoms with van der Waals surface area (Å²) in [6.07, 6.45) is 0. The van der Waals surface area contributed by atoms with Gasteiger partial charge in [-0.1, -0.05) is 30.3 Å². The number of rotatable bonds is 6. The fourth-order valence-corrected chi connectivity index (χ4v) is 3.06. The predicted octanol–water partition coefficient (Wildman–Crippen LogP) is 2.15. The van der Waals surface area contributed by atoms with E-state index in [1.807, 2.05) is 30.3 Å². The van der Waals surface area contributed by atoms with Gasteiger partial charge in [0.1, 0.15) is 10.6 Å². The van der Waals surface area contributed by atoms with Crippen LogP contribution < -0.4 is 15.2 Å². The van der Waals surface area contributed by atoms with Gasteiger partial charge in [-0.05, 0) is 30.7 Å². The van der Waals surface area contributed by atoms with Gasteiger partial charge in [0, 0.05) is 12.2 Å². The molecule has 0 aliphatic heterocycles. The van der Waals surface area contributed by atoms with E-state index in [1.54, 1.807) is 19.1 Å². The van der Waals surface area contributed by atoms with Crippen LogP contribution in [0.3, 0.4) is 0 Å². The Kier molecular flexibility index (Phi) is 4.82. The molecule has 0 aliphatic carbocycles. The Morgan fingerprint density at radius 1 is 1.14 bits per heavy atom. The van der Waals surface area contributed by atoms with Crippen molar-refractivity contribution >= 4 is 15.7 Å². The van der Waals surface area contributed by atoms with Crippen LogP contribution in [0.25, 0.3) is 0 Å². The van der Waals surface area contributed by atoms with Crippen molar-refractivity contribution in [2.24, 2.45) is 0 Å². The van der Waals surface area contributed by atoms with Crippen molar-refractivity contribution in [2.75, 3.05) is 12.3 Å². The average molecular weight is 306 g/mol. The minimum Gasteiger partial charge on any atom is -0.492 e. The second-order valence-electron chi connectivity index (χ2n) is 4.45. The van der Waals surface area contributed by atoms with Gasteiger partial charge in [0.05, 0.1) is 6.61 Å². The maximum absolute atomic E-state index is 12.4. The standard InChI is InChI=1S/C15H18N2O3S/c1-2-20-14-9-8-13(16)10-15(14)21(18,19)17-11-12-6-4-3-5-7-12/h3-10,17H,2,11,16H2,1H3. The molecule has 0 amide bonds. The molecule has 21 heavy (non-hydrogen) atoms. The highest BCUT2D eigenvalue weighted by Crippen LogP contribution is 2.26. The highest BCUT2D eigenvalue weighted by atomic mass is 32.2. The lowest BCUT2D eigenvalue weighted by atomic mass is 10.2. The van der Waals surface area contributed by atoms with E-state index in [2.05, 4.69) is 4.72 Å². The van der Waals surface area contributed by atoms with Crippen molar-refractivity contribution in [1.82, 2.24) is 4.72 Å². The van der Waals surface area contributed by atoms with Gasteiger partial charge in [-0.15, -0.1) is 0 Å². The summed E-state index contributed by atoms with van der Waals surface area (Å²) >= 11 is 0. The molecule has 0 unspecified atom stereocenters. The molecular weight excluding hydrogens is 288 g/mol. The zero-order valence-electron chi connectivity index (χ0n) is 11.7. The smallest absolute Gasteiger partial charge is 0.244 e. The Balaban J connectivity index is 2.24. The van der Waals surface area contributed by atoms with Gasteiger partial charge in [0.2, 0.25) is 10.0 Å². The number of nitrogens with one attached hydrogen (secondary N) is 1. The van der Waals surface area contributed by atoms with E-state index < -0.39 is 10.0 Å². The molecule has 0 heterocycles. The topological polar surface area (TPSA) is 81.4 Å². The molecule has 5 nitrogen and oxygen atoms in total. The fraction of sp³-hybridized carbons (Fsp3) is 0.200. The van der Waals surface area contributed by atoms with Crippen LogP contribution in [0.2, 0.25) is 0 Å². The summed E-state index contributed by atoms with van der Waals surface area (Å²) in [6.45, 7) is 2.39. The van der Waals surface area contributed by atoms with Crippen LogP contribution in [0.1, 0.15) is 12.5 Å². The third-order valence-electron chi connectivity index (χ3n) is 2.87. The van der Waals surface area contributed by atoms with Crippen LogP contribution in [0.4, 0.5) is 5.69 Å². The molecule has 0 aliphatic rings. The molecule has 0 fully saturated rings. The minimum absolute atomic E-state index is 0.0558. The first-order chi connectivity index (χ1) is 10.0. The molecule has 2 rings (SSSR count). The molecule has 6 heteroatoms. The average Bonchev–Trinajstić information content (AvgIpc) is 2.48. The molecule has 0 radical (unpaired) electrons. The zero-order chi connectivity index (χ0) is 15.3. The van der Waals surface area contributed by atoms with Gasteiger partial charge in [-0.25, -0.2) is 13.1 Å². The molecule has 0 aromatic heterocycles. The molecule has 2 aromatic carbocycles. The maximum atomic E-state index is 12.4. The molecule has 3 N–H and O–H groups in total. The number of ether oxygens (including phenoxy) is 1. The Labute approximate surface area is 124 Å². The summed E-state index contributed by atoms with van der Waals surface area (Å²) in [4.78, 5) is 0.0558. The van der Waals surface area contributed by atoms with E-state index in [0.29, 0.717) is 18.0 Å². The van der Waals surface area contributed by atoms with Crippen molar-refractivity contribution in [2.45, 2.75) is 18.4 Å². The lowest BCUT2D eigenvalue weighted by molar-refractivity contribution is 0.331. The summed E-state index contributed by atoms with van der Waals surface area (Å²) in [5.74, 6) is 0.298. The van der Waals surface area contributed by atoms with Gasteiger partial charge in [0.15, 0.2) is 0 Å². The van der Waals surface area contributed by atoms with Gasteiger partial charge in [-0.2, -0.15) is 0 Å². The van der Waals surface area contributed by atoms with Gasteiger partial charge in [-0.3, -0.25) is 0 Å². The van der Waals surface area contributed by atoms with Crippen LogP contribution in [0.5, 0.6) is 5.75 Å². The molecule has 0 spiro atoms. The zero-order valence-corrected chi connectivity index (χ0v) is 12.6. The van der Waals surface area contributed by atoms with Crippen molar-refractivity contribution < 1.29 is 13.2 Å². The monoisotopic (exact) mass is 306 g/mol. The quantitative estimate of drug-likeness (QED) is 0.801. The number of sulfonamides is 1. The minimum atomic E-state index is -3.69. The van der Waals surface area contributed by atoms with Crippen LogP contribution in [0.15, 0.2) is 53.4 Å². The summed E-state index contributed by atoms with van der Waals surface area (Å²) < 4.78 is 32.7. The summed E-state index contributed by atoms with van der Waals surface area (Å²) in [5.41, 5.74) is 6.93. The second-order valence-corrected chi connectivity index (χ2v) is 6.18. The highest BCUT2D eigenvalue weighted by Gasteiger charge is 2.19. The van der Waals surface area contributed by atoms with Crippen molar-refractivity contribution in [3.63, 3.8) is 0 Å². The maximum Gasteiger partial charge on any atom is 0.244 e. The lowest BCUT2D eigenvalue weighted by Crippen LogP contribution is -2.24. The van der Waals surface area contributed by atoms with E-state index >= 15 is 0 Å². The fourth-order valence-electron chi connectivity index (χ4n) is 1.86. The molecule has 0 saturated carbocycles. The second kappa shape index (κ2) is 6.60. The number of anilines is 1. The normalized spacial score (nSPS) is 11.3. The molecule has 2 aromatic rings. The van der Waals surface area contributed by atoms with Crippen LogP contribution >= 0.6 is 0 Å². The Morgan fingerprint density at radius 2 is 1.86 bits per heavy atom. The van der Waals surface area contributed by atoms with Crippen LogP contribution in [0, 0.1) is 0 Å². The first kappa shape index (κ1) is 15.3. The van der Waals surface area contributed by atoms with Crippen LogP contribution in [-0.2, 0) is 16.6 Å². The van der Waals surface area contributed by atoms with Gasteiger partial charge >= 0.3 is 0 Å². The van der Waals surface area contributed by atoms with E-state index in [-0.39, 0.29) is 11.4 Å². The molecule has 0 saturated heterocycles. The molecular formula is C15H18N2O3S. The Morgan fingerprint density at radius 3 is 2.52 bits per heavy atom. The first-order valence-electron chi connectivity index (χ1n) is 6.59. The Hall–Kier alpha value is -2.05. The number of hydrogen-bond donors (Lipinski definition) is 2. The molecule has 112 valence electrons. The number of nitrogens with two attached hydrogens (primary N) is 1.